The highest BCUT2D eigenvalue weighted by Crippen LogP contribution is 2.17. The normalized spacial score (nSPS) is 12.8. The molecule has 0 aliphatic carbocycles. The summed E-state index contributed by atoms with van der Waals surface area (Å²) in [5, 5.41) is 11.9. The molecule has 0 aliphatic heterocycles. The summed E-state index contributed by atoms with van der Waals surface area (Å²) in [5.41, 5.74) is 0.840. The number of rotatable bonds is 19. The number of unbranched alkanes of at least 4 members (excludes halogenated alkanes) is 6. The zero-order chi connectivity index (χ0) is 26.8. The maximum absolute atomic E-state index is 12.9. The van der Waals surface area contributed by atoms with Gasteiger partial charge in [0.25, 0.3) is 0 Å². The molecule has 7 heteroatoms. The van der Waals surface area contributed by atoms with Gasteiger partial charge in [0.05, 0.1) is 6.42 Å². The fraction of sp³-hybridized carbons (Fsp3) is 0.690. The summed E-state index contributed by atoms with van der Waals surface area (Å²) in [7, 11) is 0. The van der Waals surface area contributed by atoms with Crippen molar-refractivity contribution < 1.29 is 29.0 Å². The summed E-state index contributed by atoms with van der Waals surface area (Å²) in [4.78, 5) is 36.5. The summed E-state index contributed by atoms with van der Waals surface area (Å²) in [6.45, 7) is 8.47. The predicted octanol–water partition coefficient (Wildman–Crippen LogP) is 6.88. The molecule has 0 saturated carbocycles. The Morgan fingerprint density at radius 3 is 1.97 bits per heavy atom. The number of carboxylic acid groups (broad SMARTS) is 1. The van der Waals surface area contributed by atoms with Crippen LogP contribution >= 0.6 is 0 Å². The van der Waals surface area contributed by atoms with E-state index in [1.807, 2.05) is 44.2 Å². The van der Waals surface area contributed by atoms with Crippen molar-refractivity contribution in [2.24, 2.45) is 11.8 Å². The molecule has 0 saturated heterocycles. The third kappa shape index (κ3) is 16.2. The molecule has 1 aromatic carbocycles. The van der Waals surface area contributed by atoms with Gasteiger partial charge in [-0.05, 0) is 36.7 Å². The number of ether oxygens (including phenoxy) is 2. The molecule has 0 bridgehead atoms. The Kier molecular flexibility index (Phi) is 16.3. The molecule has 1 rings (SSSR count). The standard InChI is InChI=1S/C29H47NO6/c1-22(2)15-11-8-6-5-7-9-14-18-25(20-27(31)32)36-28(33)26(19-23(3)4)30-29(34)35-21-24-16-12-10-13-17-24/h10,12-13,16-17,22-23,25-26H,5-9,11,14-15,18-21H2,1-4H3,(H,30,34)(H,31,32)/t25-,26+/m1/s1. The van der Waals surface area contributed by atoms with Gasteiger partial charge in [-0.2, -0.15) is 0 Å². The quantitative estimate of drug-likeness (QED) is 0.157. The van der Waals surface area contributed by atoms with E-state index in [4.69, 9.17) is 9.47 Å². The van der Waals surface area contributed by atoms with Crippen molar-refractivity contribution in [1.29, 1.82) is 0 Å². The van der Waals surface area contributed by atoms with Crippen LogP contribution in [0.2, 0.25) is 0 Å². The van der Waals surface area contributed by atoms with E-state index in [9.17, 15) is 19.5 Å². The number of alkyl carbamates (subject to hydrolysis) is 1. The zero-order valence-electron chi connectivity index (χ0n) is 22.7. The summed E-state index contributed by atoms with van der Waals surface area (Å²) < 4.78 is 10.8. The largest absolute Gasteiger partial charge is 0.481 e. The van der Waals surface area contributed by atoms with Crippen molar-refractivity contribution in [2.45, 2.75) is 117 Å². The highest BCUT2D eigenvalue weighted by Gasteiger charge is 2.27. The van der Waals surface area contributed by atoms with Crippen LogP contribution in [0.15, 0.2) is 30.3 Å². The fourth-order valence-electron chi connectivity index (χ4n) is 4.04. The number of hydrogen-bond donors (Lipinski definition) is 2. The van der Waals surface area contributed by atoms with Crippen molar-refractivity contribution in [3.63, 3.8) is 0 Å². The Morgan fingerprint density at radius 2 is 1.42 bits per heavy atom. The molecule has 36 heavy (non-hydrogen) atoms. The SMILES string of the molecule is CC(C)CCCCCCCCC[C@H](CC(=O)O)OC(=O)[C@H](CC(C)C)NC(=O)OCc1ccccc1. The first kappa shape index (κ1) is 31.5. The first-order valence-electron chi connectivity index (χ1n) is 13.6. The Balaban J connectivity index is 2.49. The minimum atomic E-state index is -1.01. The summed E-state index contributed by atoms with van der Waals surface area (Å²) in [6, 6.07) is 8.38. The number of amides is 1. The van der Waals surface area contributed by atoms with Gasteiger partial charge >= 0.3 is 18.0 Å². The van der Waals surface area contributed by atoms with Crippen LogP contribution in [0.4, 0.5) is 4.79 Å². The van der Waals surface area contributed by atoms with Crippen molar-refractivity contribution >= 4 is 18.0 Å². The van der Waals surface area contributed by atoms with Gasteiger partial charge < -0.3 is 19.9 Å². The summed E-state index contributed by atoms with van der Waals surface area (Å²) in [5.74, 6) is -0.741. The smallest absolute Gasteiger partial charge is 0.408 e. The van der Waals surface area contributed by atoms with Crippen molar-refractivity contribution in [3.8, 4) is 0 Å². The minimum Gasteiger partial charge on any atom is -0.481 e. The highest BCUT2D eigenvalue weighted by molar-refractivity contribution is 5.81. The van der Waals surface area contributed by atoms with E-state index in [-0.39, 0.29) is 18.9 Å². The molecule has 0 spiro atoms. The first-order valence-corrected chi connectivity index (χ1v) is 13.6. The van der Waals surface area contributed by atoms with E-state index < -0.39 is 30.2 Å². The van der Waals surface area contributed by atoms with Gasteiger partial charge in [-0.3, -0.25) is 4.79 Å². The van der Waals surface area contributed by atoms with Crippen molar-refractivity contribution in [3.05, 3.63) is 35.9 Å². The number of carbonyl (C=O) groups is 3. The molecule has 2 atom stereocenters. The molecule has 7 nitrogen and oxygen atoms in total. The Labute approximate surface area is 217 Å². The van der Waals surface area contributed by atoms with Crippen LogP contribution in [-0.2, 0) is 25.7 Å². The molecule has 2 N–H and O–H groups in total. The average molecular weight is 506 g/mol. The lowest BCUT2D eigenvalue weighted by atomic mass is 10.0. The van der Waals surface area contributed by atoms with Gasteiger partial charge in [0.15, 0.2) is 0 Å². The van der Waals surface area contributed by atoms with E-state index >= 15 is 0 Å². The van der Waals surface area contributed by atoms with Gasteiger partial charge in [-0.15, -0.1) is 0 Å². The van der Waals surface area contributed by atoms with Crippen LogP contribution in [0.25, 0.3) is 0 Å². The lowest BCUT2D eigenvalue weighted by Gasteiger charge is -2.23. The molecular weight excluding hydrogens is 458 g/mol. The molecule has 1 aromatic rings. The molecule has 0 aliphatic rings. The molecular formula is C29H47NO6. The first-order chi connectivity index (χ1) is 17.2. The fourth-order valence-corrected chi connectivity index (χ4v) is 4.04. The van der Waals surface area contributed by atoms with E-state index in [0.29, 0.717) is 12.8 Å². The Hall–Kier alpha value is -2.57. The minimum absolute atomic E-state index is 0.0927. The average Bonchev–Trinajstić information content (AvgIpc) is 2.81. The lowest BCUT2D eigenvalue weighted by molar-refractivity contribution is -0.155. The molecule has 0 fully saturated rings. The Morgan fingerprint density at radius 1 is 0.833 bits per heavy atom. The lowest BCUT2D eigenvalue weighted by Crippen LogP contribution is -2.44. The predicted molar refractivity (Wildman–Crippen MR) is 142 cm³/mol. The number of aliphatic carboxylic acids is 1. The number of carboxylic acids is 1. The summed E-state index contributed by atoms with van der Waals surface area (Å²) >= 11 is 0. The van der Waals surface area contributed by atoms with Crippen LogP contribution in [0.1, 0.15) is 104 Å². The van der Waals surface area contributed by atoms with E-state index in [1.54, 1.807) is 0 Å². The highest BCUT2D eigenvalue weighted by atomic mass is 16.6. The van der Waals surface area contributed by atoms with Gasteiger partial charge in [0.1, 0.15) is 18.8 Å². The number of carbonyl (C=O) groups excluding carboxylic acids is 2. The molecule has 0 heterocycles. The zero-order valence-corrected chi connectivity index (χ0v) is 22.7. The van der Waals surface area contributed by atoms with E-state index in [0.717, 1.165) is 30.7 Å². The second-order valence-corrected chi connectivity index (χ2v) is 10.5. The molecule has 1 amide bonds. The third-order valence-corrected chi connectivity index (χ3v) is 5.99. The number of esters is 1. The van der Waals surface area contributed by atoms with E-state index in [2.05, 4.69) is 19.2 Å². The Bertz CT molecular complexity index is 749. The molecule has 0 radical (unpaired) electrons. The number of hydrogen-bond acceptors (Lipinski definition) is 5. The number of nitrogens with one attached hydrogen (secondary N) is 1. The molecule has 204 valence electrons. The topological polar surface area (TPSA) is 102 Å². The van der Waals surface area contributed by atoms with Crippen LogP contribution in [0.5, 0.6) is 0 Å². The molecule has 0 aromatic heterocycles. The summed E-state index contributed by atoms with van der Waals surface area (Å²) in [6.07, 6.45) is 8.31. The maximum atomic E-state index is 12.9. The second kappa shape index (κ2) is 18.7. The monoisotopic (exact) mass is 505 g/mol. The second-order valence-electron chi connectivity index (χ2n) is 10.5. The van der Waals surface area contributed by atoms with Gasteiger partial charge in [0.2, 0.25) is 0 Å². The van der Waals surface area contributed by atoms with Crippen LogP contribution in [0, 0.1) is 11.8 Å². The van der Waals surface area contributed by atoms with Crippen LogP contribution < -0.4 is 5.32 Å². The number of benzene rings is 1. The van der Waals surface area contributed by atoms with Crippen molar-refractivity contribution in [2.75, 3.05) is 0 Å². The van der Waals surface area contributed by atoms with Gasteiger partial charge in [0, 0.05) is 0 Å². The molecule has 0 unspecified atom stereocenters. The van der Waals surface area contributed by atoms with Crippen molar-refractivity contribution in [1.82, 2.24) is 5.32 Å². The maximum Gasteiger partial charge on any atom is 0.408 e. The van der Waals surface area contributed by atoms with E-state index in [1.165, 1.54) is 32.1 Å². The van der Waals surface area contributed by atoms with Gasteiger partial charge in [-0.1, -0.05) is 103 Å². The van der Waals surface area contributed by atoms with Crippen LogP contribution in [0.3, 0.4) is 0 Å². The third-order valence-electron chi connectivity index (χ3n) is 5.99. The van der Waals surface area contributed by atoms with Gasteiger partial charge in [-0.25, -0.2) is 9.59 Å². The van der Waals surface area contributed by atoms with Crippen LogP contribution in [-0.4, -0.2) is 35.3 Å².